The number of fused-ring (bicyclic) bond motifs is 1. The van der Waals surface area contributed by atoms with Gasteiger partial charge in [-0.25, -0.2) is 4.98 Å². The van der Waals surface area contributed by atoms with Crippen LogP contribution in [0.4, 0.5) is 0 Å². The molecule has 0 saturated carbocycles. The summed E-state index contributed by atoms with van der Waals surface area (Å²) in [6.07, 6.45) is 6.99. The lowest BCUT2D eigenvalue weighted by molar-refractivity contribution is -0.137. The van der Waals surface area contributed by atoms with Gasteiger partial charge in [-0.05, 0) is 29.8 Å². The average molecular weight is 386 g/mol. The van der Waals surface area contributed by atoms with Crippen molar-refractivity contribution < 1.29 is 9.90 Å². The van der Waals surface area contributed by atoms with Gasteiger partial charge in [-0.2, -0.15) is 5.10 Å². The van der Waals surface area contributed by atoms with Crippen molar-refractivity contribution in [2.24, 2.45) is 0 Å². The number of carboxylic acid groups (broad SMARTS) is 1. The van der Waals surface area contributed by atoms with E-state index in [1.807, 2.05) is 41.2 Å². The van der Waals surface area contributed by atoms with E-state index in [0.29, 0.717) is 17.4 Å². The number of carbonyl (C=O) groups is 1. The first-order chi connectivity index (χ1) is 14.1. The molecule has 1 N–H and O–H groups in total. The highest BCUT2D eigenvalue weighted by Crippen LogP contribution is 2.11. The lowest BCUT2D eigenvalue weighted by atomic mass is 10.2. The van der Waals surface area contributed by atoms with Crippen molar-refractivity contribution in [2.75, 3.05) is 0 Å². The van der Waals surface area contributed by atoms with E-state index in [-0.39, 0.29) is 11.4 Å². The van der Waals surface area contributed by atoms with Crippen molar-refractivity contribution in [3.8, 4) is 0 Å². The fourth-order valence-corrected chi connectivity index (χ4v) is 3.09. The van der Waals surface area contributed by atoms with Crippen molar-refractivity contribution in [2.45, 2.75) is 13.1 Å². The highest BCUT2D eigenvalue weighted by Gasteiger charge is 2.11. The first-order valence-corrected chi connectivity index (χ1v) is 9.06. The van der Waals surface area contributed by atoms with Gasteiger partial charge < -0.3 is 5.11 Å². The van der Waals surface area contributed by atoms with Gasteiger partial charge in [-0.3, -0.25) is 18.8 Å². The van der Waals surface area contributed by atoms with Crippen LogP contribution in [-0.4, -0.2) is 30.4 Å². The van der Waals surface area contributed by atoms with E-state index in [4.69, 9.17) is 0 Å². The van der Waals surface area contributed by atoms with Gasteiger partial charge in [0.05, 0.1) is 23.6 Å². The highest BCUT2D eigenvalue weighted by atomic mass is 16.4. The molecular weight excluding hydrogens is 368 g/mol. The van der Waals surface area contributed by atoms with E-state index in [0.717, 1.165) is 15.7 Å². The molecule has 2 aromatic heterocycles. The minimum absolute atomic E-state index is 0.284. The highest BCUT2D eigenvalue weighted by molar-refractivity contribution is 5.80. The summed E-state index contributed by atoms with van der Waals surface area (Å²) in [5.74, 6) is -0.818. The Morgan fingerprint density at radius 2 is 1.79 bits per heavy atom. The molecule has 2 aromatic carbocycles. The Morgan fingerprint density at radius 3 is 2.59 bits per heavy atom. The normalized spacial score (nSPS) is 11.3. The SMILES string of the molecule is O=C(O)Cn1c(/C=C/c2cnn(Cc3ccccc3)c2)nc2ccccc2c1=O. The fraction of sp³-hybridized carbons (Fsp3) is 0.0909. The molecule has 0 amide bonds. The molecule has 0 radical (unpaired) electrons. The van der Waals surface area contributed by atoms with Crippen LogP contribution in [0.3, 0.4) is 0 Å². The molecule has 0 atom stereocenters. The van der Waals surface area contributed by atoms with Crippen LogP contribution in [0.15, 0.2) is 71.8 Å². The van der Waals surface area contributed by atoms with Crippen molar-refractivity contribution >= 4 is 29.0 Å². The smallest absolute Gasteiger partial charge is 0.323 e. The Labute approximate surface area is 166 Å². The number of aliphatic carboxylic acids is 1. The quantitative estimate of drug-likeness (QED) is 0.550. The average Bonchev–Trinajstić information content (AvgIpc) is 3.16. The molecule has 29 heavy (non-hydrogen) atoms. The van der Waals surface area contributed by atoms with Crippen LogP contribution < -0.4 is 5.56 Å². The molecule has 0 fully saturated rings. The molecular formula is C22H18N4O3. The zero-order valence-corrected chi connectivity index (χ0v) is 15.5. The molecule has 2 heterocycles. The number of hydrogen-bond acceptors (Lipinski definition) is 4. The molecule has 4 rings (SSSR count). The van der Waals surface area contributed by atoms with Crippen LogP contribution in [0.1, 0.15) is 17.0 Å². The Hall–Kier alpha value is -4.00. The minimum Gasteiger partial charge on any atom is -0.480 e. The lowest BCUT2D eigenvalue weighted by Gasteiger charge is -2.08. The minimum atomic E-state index is -1.10. The van der Waals surface area contributed by atoms with Gasteiger partial charge in [0, 0.05) is 11.8 Å². The van der Waals surface area contributed by atoms with E-state index in [1.165, 1.54) is 0 Å². The van der Waals surface area contributed by atoms with Crippen LogP contribution in [0.5, 0.6) is 0 Å². The second kappa shape index (κ2) is 7.93. The summed E-state index contributed by atoms with van der Waals surface area (Å²) in [5, 5.41) is 13.9. The Kier molecular flexibility index (Phi) is 5.03. The van der Waals surface area contributed by atoms with Crippen LogP contribution >= 0.6 is 0 Å². The zero-order valence-electron chi connectivity index (χ0n) is 15.5. The number of aromatic nitrogens is 4. The summed E-state index contributed by atoms with van der Waals surface area (Å²) < 4.78 is 2.97. The van der Waals surface area contributed by atoms with Crippen molar-refractivity contribution in [1.82, 2.24) is 19.3 Å². The molecule has 0 aliphatic rings. The monoisotopic (exact) mass is 386 g/mol. The van der Waals surface area contributed by atoms with Crippen molar-refractivity contribution in [3.63, 3.8) is 0 Å². The van der Waals surface area contributed by atoms with Gasteiger partial charge in [0.15, 0.2) is 0 Å². The van der Waals surface area contributed by atoms with Crippen LogP contribution in [0.2, 0.25) is 0 Å². The first kappa shape index (κ1) is 18.4. The number of rotatable bonds is 6. The number of carboxylic acids is 1. The molecule has 0 unspecified atom stereocenters. The predicted octanol–water partition coefficient (Wildman–Crippen LogP) is 2.90. The van der Waals surface area contributed by atoms with E-state index < -0.39 is 12.5 Å². The molecule has 7 nitrogen and oxygen atoms in total. The summed E-state index contributed by atoms with van der Waals surface area (Å²) in [4.78, 5) is 28.4. The lowest BCUT2D eigenvalue weighted by Crippen LogP contribution is -2.27. The van der Waals surface area contributed by atoms with Gasteiger partial charge in [-0.1, -0.05) is 42.5 Å². The van der Waals surface area contributed by atoms with Gasteiger partial charge >= 0.3 is 5.97 Å². The van der Waals surface area contributed by atoms with E-state index >= 15 is 0 Å². The standard InChI is InChI=1S/C22H18N4O3/c27-21(28)15-26-20(24-19-9-5-4-8-18(19)22(26)29)11-10-17-12-23-25(14-17)13-16-6-2-1-3-7-16/h1-12,14H,13,15H2,(H,27,28)/b11-10+. The van der Waals surface area contributed by atoms with E-state index in [1.54, 1.807) is 42.6 Å². The molecule has 0 aliphatic heterocycles. The molecule has 0 spiro atoms. The van der Waals surface area contributed by atoms with Crippen molar-refractivity contribution in [3.05, 3.63) is 94.3 Å². The van der Waals surface area contributed by atoms with E-state index in [2.05, 4.69) is 10.1 Å². The van der Waals surface area contributed by atoms with Crippen molar-refractivity contribution in [1.29, 1.82) is 0 Å². The molecule has 0 aliphatic carbocycles. The number of benzene rings is 2. The third-order valence-electron chi connectivity index (χ3n) is 4.45. The molecule has 144 valence electrons. The number of hydrogen-bond donors (Lipinski definition) is 1. The molecule has 4 aromatic rings. The van der Waals surface area contributed by atoms with Gasteiger partial charge in [0.2, 0.25) is 0 Å². The summed E-state index contributed by atoms with van der Waals surface area (Å²) in [6.45, 7) is 0.191. The first-order valence-electron chi connectivity index (χ1n) is 9.06. The van der Waals surface area contributed by atoms with Gasteiger partial charge in [0.1, 0.15) is 12.4 Å². The van der Waals surface area contributed by atoms with E-state index in [9.17, 15) is 14.7 Å². The second-order valence-electron chi connectivity index (χ2n) is 6.56. The third-order valence-corrected chi connectivity index (χ3v) is 4.45. The summed E-state index contributed by atoms with van der Waals surface area (Å²) in [7, 11) is 0. The topological polar surface area (TPSA) is 90.0 Å². The largest absolute Gasteiger partial charge is 0.480 e. The molecule has 0 bridgehead atoms. The number of nitrogens with zero attached hydrogens (tertiary/aromatic N) is 4. The second-order valence-corrected chi connectivity index (χ2v) is 6.56. The Balaban J connectivity index is 1.66. The molecule has 0 saturated heterocycles. The summed E-state index contributed by atoms with van der Waals surface area (Å²) >= 11 is 0. The summed E-state index contributed by atoms with van der Waals surface area (Å²) in [6, 6.07) is 16.9. The van der Waals surface area contributed by atoms with Gasteiger partial charge in [0.25, 0.3) is 5.56 Å². The Bertz CT molecular complexity index is 1260. The number of para-hydroxylation sites is 1. The Morgan fingerprint density at radius 1 is 1.03 bits per heavy atom. The van der Waals surface area contributed by atoms with Crippen LogP contribution in [0.25, 0.3) is 23.1 Å². The van der Waals surface area contributed by atoms with Crippen LogP contribution in [-0.2, 0) is 17.9 Å². The predicted molar refractivity (Wildman–Crippen MR) is 110 cm³/mol. The zero-order chi connectivity index (χ0) is 20.2. The van der Waals surface area contributed by atoms with Crippen LogP contribution in [0, 0.1) is 0 Å². The maximum atomic E-state index is 12.7. The third kappa shape index (κ3) is 4.14. The molecule has 7 heteroatoms. The van der Waals surface area contributed by atoms with Gasteiger partial charge in [-0.15, -0.1) is 0 Å². The fourth-order valence-electron chi connectivity index (χ4n) is 3.09. The summed E-state index contributed by atoms with van der Waals surface area (Å²) in [5.41, 5.74) is 2.11. The maximum absolute atomic E-state index is 12.7. The maximum Gasteiger partial charge on any atom is 0.323 e.